The van der Waals surface area contributed by atoms with E-state index in [1.54, 1.807) is 7.11 Å². The highest BCUT2D eigenvalue weighted by atomic mass is 16.5. The van der Waals surface area contributed by atoms with Crippen molar-refractivity contribution in [3.8, 4) is 5.75 Å². The number of β-amino-alcohol motifs (C(OH)–C–C–N with tert-alkyl or cyclic N) is 1. The molecule has 6 nitrogen and oxygen atoms in total. The van der Waals surface area contributed by atoms with Gasteiger partial charge in [0.2, 0.25) is 5.91 Å². The minimum Gasteiger partial charge on any atom is -0.497 e. The number of methoxy groups -OCH3 is 1. The van der Waals surface area contributed by atoms with Crippen molar-refractivity contribution in [1.82, 2.24) is 10.6 Å². The van der Waals surface area contributed by atoms with Crippen LogP contribution < -0.4 is 15.4 Å². The minimum atomic E-state index is -0.740. The van der Waals surface area contributed by atoms with E-state index in [9.17, 15) is 9.90 Å². The molecule has 0 aromatic heterocycles. The van der Waals surface area contributed by atoms with Crippen molar-refractivity contribution in [3.05, 3.63) is 77.4 Å². The molecule has 176 valence electrons. The van der Waals surface area contributed by atoms with Gasteiger partial charge in [0, 0.05) is 18.5 Å². The summed E-state index contributed by atoms with van der Waals surface area (Å²) in [5.41, 5.74) is 3.38. The monoisotopic (exact) mass is 450 g/mol. The summed E-state index contributed by atoms with van der Waals surface area (Å²) in [4.78, 5) is 12.8. The summed E-state index contributed by atoms with van der Waals surface area (Å²) in [5, 5.41) is 17.8. The summed E-state index contributed by atoms with van der Waals surface area (Å²) in [5.74, 6) is 0.570. The fourth-order valence-electron chi connectivity index (χ4n) is 4.62. The topological polar surface area (TPSA) is 79.8 Å². The molecule has 5 atom stereocenters. The van der Waals surface area contributed by atoms with E-state index in [0.29, 0.717) is 26.0 Å². The quantitative estimate of drug-likeness (QED) is 0.624. The Hall–Kier alpha value is -2.67. The van der Waals surface area contributed by atoms with Gasteiger partial charge in [-0.05, 0) is 48.1 Å². The maximum absolute atomic E-state index is 12.8. The van der Waals surface area contributed by atoms with Crippen LogP contribution in [0.15, 0.2) is 60.7 Å². The SMILES string of the molecule is COc1ccc2c(c1)[C@@H]1C[C@H]2OC/C=C\CC(C)C(=O)N[C@@H](Cc2ccccc2)[C@H](O)CN1. The van der Waals surface area contributed by atoms with E-state index < -0.39 is 6.10 Å². The highest BCUT2D eigenvalue weighted by Gasteiger charge is 2.33. The molecular weight excluding hydrogens is 416 g/mol. The van der Waals surface area contributed by atoms with Gasteiger partial charge in [-0.2, -0.15) is 0 Å². The van der Waals surface area contributed by atoms with Crippen molar-refractivity contribution in [3.63, 3.8) is 0 Å². The Labute approximate surface area is 196 Å². The van der Waals surface area contributed by atoms with Crippen molar-refractivity contribution in [1.29, 1.82) is 0 Å². The Bertz CT molecular complexity index is 962. The zero-order chi connectivity index (χ0) is 23.2. The van der Waals surface area contributed by atoms with Crippen LogP contribution in [0, 0.1) is 5.92 Å². The van der Waals surface area contributed by atoms with Gasteiger partial charge >= 0.3 is 0 Å². The van der Waals surface area contributed by atoms with Crippen LogP contribution in [0.3, 0.4) is 0 Å². The maximum Gasteiger partial charge on any atom is 0.223 e. The standard InChI is InChI=1S/C27H34N2O4/c1-18-8-6-7-13-33-26-16-23(22-15-20(32-2)11-12-21(22)26)28-17-25(30)24(29-27(18)31)14-19-9-4-3-5-10-19/h3-7,9-12,15,18,23-26,28,30H,8,13-14,16-17H2,1-2H3,(H,29,31)/b7-6-/t18?,23-,24-,25+,26+/m0/s1. The van der Waals surface area contributed by atoms with Gasteiger partial charge in [0.15, 0.2) is 0 Å². The van der Waals surface area contributed by atoms with Crippen molar-refractivity contribution in [2.24, 2.45) is 5.92 Å². The van der Waals surface area contributed by atoms with Crippen molar-refractivity contribution < 1.29 is 19.4 Å². The van der Waals surface area contributed by atoms with Gasteiger partial charge in [-0.15, -0.1) is 0 Å². The van der Waals surface area contributed by atoms with Crippen molar-refractivity contribution in [2.75, 3.05) is 20.3 Å². The van der Waals surface area contributed by atoms with Crippen LogP contribution in [0.25, 0.3) is 0 Å². The molecule has 1 heterocycles. The number of amides is 1. The second kappa shape index (κ2) is 11.0. The molecule has 2 bridgehead atoms. The molecule has 1 unspecified atom stereocenters. The summed E-state index contributed by atoms with van der Waals surface area (Å²) in [6, 6.07) is 15.7. The summed E-state index contributed by atoms with van der Waals surface area (Å²) in [7, 11) is 1.66. The summed E-state index contributed by atoms with van der Waals surface area (Å²) < 4.78 is 11.6. The smallest absolute Gasteiger partial charge is 0.223 e. The molecule has 0 fully saturated rings. The maximum atomic E-state index is 12.8. The number of hydrogen-bond donors (Lipinski definition) is 3. The van der Waals surface area contributed by atoms with Crippen LogP contribution in [-0.2, 0) is 16.0 Å². The first-order chi connectivity index (χ1) is 16.0. The van der Waals surface area contributed by atoms with E-state index in [0.717, 1.165) is 28.9 Å². The van der Waals surface area contributed by atoms with E-state index >= 15 is 0 Å². The number of hydrogen-bond acceptors (Lipinski definition) is 5. The van der Waals surface area contributed by atoms with Crippen LogP contribution >= 0.6 is 0 Å². The van der Waals surface area contributed by atoms with E-state index in [1.165, 1.54) is 0 Å². The lowest BCUT2D eigenvalue weighted by molar-refractivity contribution is -0.126. The second-order valence-corrected chi connectivity index (χ2v) is 8.99. The number of allylic oxidation sites excluding steroid dienone is 1. The molecular formula is C27H34N2O4. The van der Waals surface area contributed by atoms with E-state index in [-0.39, 0.29) is 30.0 Å². The van der Waals surface area contributed by atoms with E-state index in [2.05, 4.69) is 16.7 Å². The molecule has 0 saturated heterocycles. The molecule has 3 N–H and O–H groups in total. The number of nitrogens with one attached hydrogen (secondary N) is 2. The molecule has 2 aliphatic rings. The van der Waals surface area contributed by atoms with Crippen molar-refractivity contribution >= 4 is 5.91 Å². The number of rotatable bonds is 3. The summed E-state index contributed by atoms with van der Waals surface area (Å²) >= 11 is 0. The number of fused-ring (bicyclic) bond motifs is 5. The first-order valence-electron chi connectivity index (χ1n) is 11.8. The Morgan fingerprint density at radius 3 is 2.73 bits per heavy atom. The zero-order valence-corrected chi connectivity index (χ0v) is 19.4. The van der Waals surface area contributed by atoms with Gasteiger partial charge in [-0.25, -0.2) is 0 Å². The molecule has 2 aromatic rings. The highest BCUT2D eigenvalue weighted by molar-refractivity contribution is 5.78. The molecule has 4 rings (SSSR count). The third-order valence-electron chi connectivity index (χ3n) is 6.63. The van der Waals surface area contributed by atoms with Crippen LogP contribution in [0.2, 0.25) is 0 Å². The minimum absolute atomic E-state index is 0.0207. The summed E-state index contributed by atoms with van der Waals surface area (Å²) in [6.45, 7) is 2.77. The van der Waals surface area contributed by atoms with E-state index in [4.69, 9.17) is 9.47 Å². The number of carbonyl (C=O) groups excluding carboxylic acids is 1. The van der Waals surface area contributed by atoms with Gasteiger partial charge in [-0.1, -0.05) is 55.5 Å². The molecule has 0 spiro atoms. The van der Waals surface area contributed by atoms with Crippen LogP contribution in [0.1, 0.15) is 48.6 Å². The van der Waals surface area contributed by atoms with Crippen LogP contribution in [0.4, 0.5) is 0 Å². The molecule has 2 aromatic carbocycles. The lowest BCUT2D eigenvalue weighted by Crippen LogP contribution is -2.50. The van der Waals surface area contributed by atoms with Crippen LogP contribution in [-0.4, -0.2) is 43.4 Å². The fraction of sp³-hybridized carbons (Fsp3) is 0.444. The average molecular weight is 451 g/mol. The predicted octanol–water partition coefficient (Wildman–Crippen LogP) is 3.47. The first kappa shape index (κ1) is 23.5. The molecule has 1 aliphatic carbocycles. The first-order valence-corrected chi connectivity index (χ1v) is 11.8. The number of ether oxygens (including phenoxy) is 2. The Morgan fingerprint density at radius 1 is 1.12 bits per heavy atom. The molecule has 1 aliphatic heterocycles. The lowest BCUT2D eigenvalue weighted by atomic mass is 9.98. The molecule has 6 heteroatoms. The average Bonchev–Trinajstić information content (AvgIpc) is 3.18. The molecule has 33 heavy (non-hydrogen) atoms. The number of aliphatic hydroxyl groups excluding tert-OH is 1. The molecule has 0 saturated carbocycles. The summed E-state index contributed by atoms with van der Waals surface area (Å²) in [6.07, 6.45) is 5.22. The number of benzene rings is 2. The third kappa shape index (κ3) is 5.82. The van der Waals surface area contributed by atoms with Gasteiger partial charge in [0.25, 0.3) is 0 Å². The number of carbonyl (C=O) groups is 1. The highest BCUT2D eigenvalue weighted by Crippen LogP contribution is 2.42. The van der Waals surface area contributed by atoms with Gasteiger partial charge in [-0.3, -0.25) is 4.79 Å². The Balaban J connectivity index is 1.57. The fourth-order valence-corrected chi connectivity index (χ4v) is 4.62. The van der Waals surface area contributed by atoms with Crippen molar-refractivity contribution in [2.45, 2.75) is 50.5 Å². The van der Waals surface area contributed by atoms with Gasteiger partial charge in [0.05, 0.1) is 32.0 Å². The van der Waals surface area contributed by atoms with Crippen LogP contribution in [0.5, 0.6) is 5.75 Å². The molecule has 0 radical (unpaired) electrons. The lowest BCUT2D eigenvalue weighted by Gasteiger charge is -2.27. The number of aliphatic hydroxyl groups is 1. The molecule has 1 amide bonds. The van der Waals surface area contributed by atoms with E-state index in [1.807, 2.05) is 61.5 Å². The predicted molar refractivity (Wildman–Crippen MR) is 128 cm³/mol. The Kier molecular flexibility index (Phi) is 7.81. The normalized spacial score (nSPS) is 29.3. The third-order valence-corrected chi connectivity index (χ3v) is 6.63. The Morgan fingerprint density at radius 2 is 1.94 bits per heavy atom. The van der Waals surface area contributed by atoms with Gasteiger partial charge < -0.3 is 25.2 Å². The zero-order valence-electron chi connectivity index (χ0n) is 19.4. The van der Waals surface area contributed by atoms with Gasteiger partial charge in [0.1, 0.15) is 5.75 Å². The second-order valence-electron chi connectivity index (χ2n) is 8.99. The largest absolute Gasteiger partial charge is 0.497 e.